The molecule has 0 bridgehead atoms. The first-order chi connectivity index (χ1) is 22.1. The molecule has 0 radical (unpaired) electrons. The first-order valence-electron chi connectivity index (χ1n) is 13.9. The number of benzene rings is 1. The molecule has 1 unspecified atom stereocenters. The minimum absolute atomic E-state index is 0.00773. The summed E-state index contributed by atoms with van der Waals surface area (Å²) in [5, 5.41) is -1.57. The lowest BCUT2D eigenvalue weighted by Gasteiger charge is -2.42. The number of hydrogen-bond acceptors (Lipinski definition) is 4. The fraction of sp³-hybridized carbons (Fsp3) is 0.741. The molecular weight excluding hydrogens is 741 g/mol. The summed E-state index contributed by atoms with van der Waals surface area (Å²) in [5.41, 5.74) is 0.397. The van der Waals surface area contributed by atoms with Gasteiger partial charge in [-0.3, -0.25) is 4.79 Å². The molecule has 1 aliphatic rings. The van der Waals surface area contributed by atoms with Crippen LogP contribution in [0, 0.1) is 0 Å². The minimum atomic E-state index is -8.69. The second kappa shape index (κ2) is 14.2. The number of carbonyl (C=O) groups is 1. The van der Waals surface area contributed by atoms with E-state index in [4.69, 9.17) is 9.47 Å². The number of amides is 1. The van der Waals surface area contributed by atoms with Gasteiger partial charge in [0.1, 0.15) is 5.25 Å². The van der Waals surface area contributed by atoms with Gasteiger partial charge in [-0.1, -0.05) is 19.8 Å². The number of nitrogens with zero attached hydrogens (tertiary/aromatic N) is 1. The quantitative estimate of drug-likeness (QED) is 0.124. The van der Waals surface area contributed by atoms with E-state index in [1.54, 1.807) is 0 Å². The largest absolute Gasteiger partial charge is 0.493 e. The van der Waals surface area contributed by atoms with Gasteiger partial charge in [0, 0.05) is 25.3 Å². The van der Waals surface area contributed by atoms with Crippen molar-refractivity contribution >= 4 is 17.7 Å². The highest BCUT2D eigenvalue weighted by Gasteiger charge is 2.95. The summed E-state index contributed by atoms with van der Waals surface area (Å²) < 4.78 is 242. The number of rotatable bonds is 16. The molecule has 2 rings (SSSR count). The second-order valence-electron chi connectivity index (χ2n) is 10.8. The number of halogens is 17. The van der Waals surface area contributed by atoms with Gasteiger partial charge in [-0.2, -0.15) is 74.6 Å². The smallest absolute Gasteiger partial charge is 0.460 e. The molecule has 0 N–H and O–H groups in total. The molecule has 0 spiro atoms. The molecule has 49 heavy (non-hydrogen) atoms. The lowest BCUT2D eigenvalue weighted by molar-refractivity contribution is -0.461. The van der Waals surface area contributed by atoms with E-state index >= 15 is 0 Å². The minimum Gasteiger partial charge on any atom is -0.493 e. The van der Waals surface area contributed by atoms with Gasteiger partial charge < -0.3 is 14.4 Å². The van der Waals surface area contributed by atoms with Gasteiger partial charge in [-0.05, 0) is 36.1 Å². The third-order valence-corrected chi connectivity index (χ3v) is 8.86. The van der Waals surface area contributed by atoms with Gasteiger partial charge >= 0.3 is 47.6 Å². The van der Waals surface area contributed by atoms with E-state index in [0.717, 1.165) is 0 Å². The SMILES string of the molecule is CCCCCN1CCc2cc(OC)c(OC)cc2C(SCCC(F)(F)C(F)(F)C(F)(F)C(F)(F)C(F)(F)C(F)(F)C(F)(F)C(F)(F)F)C1=O. The average Bonchev–Trinajstić information content (AvgIpc) is 3.10. The monoisotopic (exact) mass is 769 g/mol. The van der Waals surface area contributed by atoms with Crippen LogP contribution in [0.1, 0.15) is 49.0 Å². The molecule has 1 amide bonds. The molecule has 4 nitrogen and oxygen atoms in total. The van der Waals surface area contributed by atoms with Crippen LogP contribution < -0.4 is 9.47 Å². The van der Waals surface area contributed by atoms with E-state index in [1.807, 2.05) is 6.92 Å². The third-order valence-electron chi connectivity index (χ3n) is 7.63. The van der Waals surface area contributed by atoms with Crippen molar-refractivity contribution in [3.63, 3.8) is 0 Å². The molecular formula is C27H28F17NO3S. The number of alkyl halides is 17. The number of fused-ring (bicyclic) bond motifs is 1. The Morgan fingerprint density at radius 2 is 1.18 bits per heavy atom. The van der Waals surface area contributed by atoms with E-state index in [9.17, 15) is 79.4 Å². The van der Waals surface area contributed by atoms with Gasteiger partial charge in [-0.25, -0.2) is 0 Å². The molecule has 0 aliphatic carbocycles. The molecule has 0 saturated carbocycles. The average molecular weight is 770 g/mol. The fourth-order valence-electron chi connectivity index (χ4n) is 4.66. The van der Waals surface area contributed by atoms with Crippen molar-refractivity contribution in [3.8, 4) is 11.5 Å². The molecule has 1 aromatic rings. The Kier molecular flexibility index (Phi) is 12.4. The van der Waals surface area contributed by atoms with Crippen LogP contribution in [0.15, 0.2) is 12.1 Å². The maximum atomic E-state index is 14.6. The zero-order valence-corrected chi connectivity index (χ0v) is 26.2. The highest BCUT2D eigenvalue weighted by atomic mass is 32.2. The van der Waals surface area contributed by atoms with Crippen LogP contribution >= 0.6 is 11.8 Å². The highest BCUT2D eigenvalue weighted by Crippen LogP contribution is 2.64. The Bertz CT molecular complexity index is 1320. The summed E-state index contributed by atoms with van der Waals surface area (Å²) in [7, 11) is 2.42. The first-order valence-corrected chi connectivity index (χ1v) is 15.0. The molecule has 1 aliphatic heterocycles. The zero-order valence-electron chi connectivity index (χ0n) is 25.4. The van der Waals surface area contributed by atoms with Gasteiger partial charge in [0.25, 0.3) is 0 Å². The standard InChI is InChI=1S/C27H28F17NO3S/c1-4-5-6-9-45-10-7-14-12-16(47-2)17(48-3)13-15(14)18(19(45)46)49-11-8-20(28,29)21(30,31)22(32,33)23(34,35)24(36,37)25(38,39)26(40,41)27(42,43)44/h12-13,18H,4-11H2,1-3H3. The summed E-state index contributed by atoms with van der Waals surface area (Å²) in [5.74, 6) is -58.9. The van der Waals surface area contributed by atoms with Crippen LogP contribution in [-0.2, 0) is 11.2 Å². The van der Waals surface area contributed by atoms with Gasteiger partial charge in [0.15, 0.2) is 11.5 Å². The van der Waals surface area contributed by atoms with Crippen molar-refractivity contribution in [2.24, 2.45) is 0 Å². The summed E-state index contributed by atoms with van der Waals surface area (Å²) in [6.45, 7) is 1.99. The van der Waals surface area contributed by atoms with E-state index in [-0.39, 0.29) is 48.3 Å². The topological polar surface area (TPSA) is 38.8 Å². The number of hydrogen-bond donors (Lipinski definition) is 0. The third kappa shape index (κ3) is 7.16. The van der Waals surface area contributed by atoms with E-state index in [0.29, 0.717) is 24.8 Å². The van der Waals surface area contributed by atoms with E-state index < -0.39 is 71.0 Å². The van der Waals surface area contributed by atoms with Crippen molar-refractivity contribution < 1.29 is 88.9 Å². The maximum absolute atomic E-state index is 14.6. The number of unbranched alkanes of at least 4 members (excludes halogenated alkanes) is 2. The Balaban J connectivity index is 2.47. The summed E-state index contributed by atoms with van der Waals surface area (Å²) in [6, 6.07) is 2.62. The number of carbonyl (C=O) groups excluding carboxylic acids is 1. The molecule has 0 saturated heterocycles. The summed E-state index contributed by atoms with van der Waals surface area (Å²) >= 11 is 0.0885. The van der Waals surface area contributed by atoms with Gasteiger partial charge in [0.2, 0.25) is 5.91 Å². The number of methoxy groups -OCH3 is 2. The van der Waals surface area contributed by atoms with Gasteiger partial charge in [-0.15, -0.1) is 11.8 Å². The molecule has 22 heteroatoms. The lowest BCUT2D eigenvalue weighted by Crippen LogP contribution is -2.74. The van der Waals surface area contributed by atoms with Crippen LogP contribution in [0.4, 0.5) is 74.6 Å². The molecule has 0 aromatic heterocycles. The predicted octanol–water partition coefficient (Wildman–Crippen LogP) is 9.45. The predicted molar refractivity (Wildman–Crippen MR) is 140 cm³/mol. The van der Waals surface area contributed by atoms with Crippen molar-refractivity contribution in [2.75, 3.05) is 33.1 Å². The molecule has 1 atom stereocenters. The van der Waals surface area contributed by atoms with Crippen LogP contribution in [0.2, 0.25) is 0 Å². The molecule has 1 aromatic carbocycles. The Morgan fingerprint density at radius 3 is 1.65 bits per heavy atom. The number of thioether (sulfide) groups is 1. The van der Waals surface area contributed by atoms with Gasteiger partial charge in [0.05, 0.1) is 14.2 Å². The van der Waals surface area contributed by atoms with Crippen molar-refractivity contribution in [1.29, 1.82) is 0 Å². The van der Waals surface area contributed by atoms with E-state index in [1.165, 1.54) is 31.3 Å². The molecule has 284 valence electrons. The molecule has 0 fully saturated rings. The Morgan fingerprint density at radius 1 is 0.714 bits per heavy atom. The normalized spacial score (nSPS) is 17.6. The molecule has 1 heterocycles. The maximum Gasteiger partial charge on any atom is 0.460 e. The lowest BCUT2D eigenvalue weighted by atomic mass is 9.88. The van der Waals surface area contributed by atoms with E-state index in [2.05, 4.69) is 0 Å². The van der Waals surface area contributed by atoms with Crippen LogP contribution in [0.5, 0.6) is 11.5 Å². The van der Waals surface area contributed by atoms with Crippen LogP contribution in [-0.4, -0.2) is 91.5 Å². The Labute approximate surface area is 271 Å². The highest BCUT2D eigenvalue weighted by molar-refractivity contribution is 8.00. The fourth-order valence-corrected chi connectivity index (χ4v) is 5.96. The summed E-state index contributed by atoms with van der Waals surface area (Å²) in [4.78, 5) is 14.7. The Hall–Kier alpha value is -2.55. The van der Waals surface area contributed by atoms with Crippen LogP contribution in [0.3, 0.4) is 0 Å². The first kappa shape index (κ1) is 42.6. The van der Waals surface area contributed by atoms with Crippen molar-refractivity contribution in [3.05, 3.63) is 23.3 Å². The number of ether oxygens (including phenoxy) is 2. The second-order valence-corrected chi connectivity index (χ2v) is 12.1. The van der Waals surface area contributed by atoms with Crippen LogP contribution in [0.25, 0.3) is 0 Å². The summed E-state index contributed by atoms with van der Waals surface area (Å²) in [6.07, 6.45) is -8.53. The van der Waals surface area contributed by atoms with Crippen molar-refractivity contribution in [1.82, 2.24) is 4.90 Å². The van der Waals surface area contributed by atoms with Crippen molar-refractivity contribution in [2.45, 2.75) is 91.9 Å². The zero-order chi connectivity index (χ0) is 38.2.